The standard InChI is InChI=1S/C23H24F2N4S/c24-19-9-8-18(21(25)12-19)14-27(20-10-11-20)15-29-23(30)28(22(26-29)17-6-7-17)13-16-4-2-1-3-5-16/h1-5,8-9,12,17,20H,6-7,10-11,13-15H2. The monoisotopic (exact) mass is 426 g/mol. The van der Waals surface area contributed by atoms with Crippen LogP contribution in [0.25, 0.3) is 0 Å². The summed E-state index contributed by atoms with van der Waals surface area (Å²) in [5.74, 6) is 0.468. The minimum Gasteiger partial charge on any atom is -0.299 e. The highest BCUT2D eigenvalue weighted by Gasteiger charge is 2.33. The third kappa shape index (κ3) is 4.23. The van der Waals surface area contributed by atoms with E-state index in [2.05, 4.69) is 21.6 Å². The lowest BCUT2D eigenvalue weighted by atomic mass is 10.2. The molecule has 0 atom stereocenters. The molecular weight excluding hydrogens is 402 g/mol. The van der Waals surface area contributed by atoms with E-state index < -0.39 is 11.6 Å². The molecule has 2 fully saturated rings. The van der Waals surface area contributed by atoms with Gasteiger partial charge >= 0.3 is 0 Å². The summed E-state index contributed by atoms with van der Waals surface area (Å²) in [5, 5.41) is 4.88. The normalized spacial score (nSPS) is 16.4. The predicted molar refractivity (Wildman–Crippen MR) is 113 cm³/mol. The van der Waals surface area contributed by atoms with E-state index in [1.54, 1.807) is 0 Å². The van der Waals surface area contributed by atoms with Gasteiger partial charge in [0, 0.05) is 30.1 Å². The molecule has 1 heterocycles. The van der Waals surface area contributed by atoms with Crippen LogP contribution in [0.5, 0.6) is 0 Å². The molecule has 2 aliphatic rings. The SMILES string of the molecule is Fc1ccc(CN(Cn2nc(C3CC3)n(Cc3ccccc3)c2=S)C2CC2)c(F)c1. The van der Waals surface area contributed by atoms with E-state index in [-0.39, 0.29) is 0 Å². The summed E-state index contributed by atoms with van der Waals surface area (Å²) in [6, 6.07) is 14.5. The van der Waals surface area contributed by atoms with Crippen molar-refractivity contribution in [3.8, 4) is 0 Å². The molecule has 0 spiro atoms. The average molecular weight is 427 g/mol. The van der Waals surface area contributed by atoms with Crippen molar-refractivity contribution in [2.45, 2.75) is 57.4 Å². The van der Waals surface area contributed by atoms with Crippen molar-refractivity contribution in [2.75, 3.05) is 0 Å². The van der Waals surface area contributed by atoms with Gasteiger partial charge in [-0.3, -0.25) is 9.47 Å². The molecule has 2 aromatic carbocycles. The molecular formula is C23H24F2N4S. The molecule has 2 aliphatic carbocycles. The van der Waals surface area contributed by atoms with Gasteiger partial charge in [-0.25, -0.2) is 13.5 Å². The predicted octanol–water partition coefficient (Wildman–Crippen LogP) is 5.24. The summed E-state index contributed by atoms with van der Waals surface area (Å²) < 4.78 is 32.2. The van der Waals surface area contributed by atoms with Crippen molar-refractivity contribution in [2.24, 2.45) is 0 Å². The summed E-state index contributed by atoms with van der Waals surface area (Å²) in [6.45, 7) is 1.65. The van der Waals surface area contributed by atoms with Crippen LogP contribution in [0.2, 0.25) is 0 Å². The van der Waals surface area contributed by atoms with Gasteiger partial charge in [0.15, 0.2) is 4.77 Å². The zero-order valence-electron chi connectivity index (χ0n) is 16.7. The molecule has 4 nitrogen and oxygen atoms in total. The number of benzene rings is 2. The first-order valence-electron chi connectivity index (χ1n) is 10.5. The van der Waals surface area contributed by atoms with Gasteiger partial charge in [-0.1, -0.05) is 36.4 Å². The molecule has 2 saturated carbocycles. The van der Waals surface area contributed by atoms with Crippen molar-refractivity contribution in [3.63, 3.8) is 0 Å². The van der Waals surface area contributed by atoms with Crippen LogP contribution < -0.4 is 0 Å². The molecule has 0 amide bonds. The third-order valence-corrected chi connectivity index (χ3v) is 6.28. The number of halogens is 2. The van der Waals surface area contributed by atoms with Gasteiger partial charge in [0.2, 0.25) is 0 Å². The van der Waals surface area contributed by atoms with Crippen LogP contribution in [0, 0.1) is 16.4 Å². The molecule has 5 rings (SSSR count). The molecule has 0 bridgehead atoms. The van der Waals surface area contributed by atoms with E-state index in [1.807, 2.05) is 22.9 Å². The molecule has 0 unspecified atom stereocenters. The first kappa shape index (κ1) is 19.6. The second kappa shape index (κ2) is 8.04. The Bertz CT molecular complexity index is 1100. The van der Waals surface area contributed by atoms with Gasteiger partial charge in [-0.05, 0) is 49.5 Å². The van der Waals surface area contributed by atoms with Gasteiger partial charge in [-0.2, -0.15) is 5.10 Å². The molecule has 30 heavy (non-hydrogen) atoms. The Morgan fingerprint density at radius 3 is 2.47 bits per heavy atom. The maximum Gasteiger partial charge on any atom is 0.199 e. The van der Waals surface area contributed by atoms with Crippen LogP contribution in [-0.2, 0) is 19.8 Å². The van der Waals surface area contributed by atoms with E-state index in [0.717, 1.165) is 37.6 Å². The number of nitrogens with zero attached hydrogens (tertiary/aromatic N) is 4. The van der Waals surface area contributed by atoms with Crippen LogP contribution in [0.3, 0.4) is 0 Å². The van der Waals surface area contributed by atoms with Crippen LogP contribution in [0.4, 0.5) is 8.78 Å². The summed E-state index contributed by atoms with van der Waals surface area (Å²) in [7, 11) is 0. The highest BCUT2D eigenvalue weighted by atomic mass is 32.1. The van der Waals surface area contributed by atoms with Crippen LogP contribution in [0.1, 0.15) is 48.6 Å². The van der Waals surface area contributed by atoms with Crippen molar-refractivity contribution >= 4 is 12.2 Å². The molecule has 7 heteroatoms. The van der Waals surface area contributed by atoms with Gasteiger partial charge in [0.05, 0.1) is 13.2 Å². The summed E-state index contributed by atoms with van der Waals surface area (Å²) in [4.78, 5) is 2.20. The summed E-state index contributed by atoms with van der Waals surface area (Å²) >= 11 is 5.80. The molecule has 0 aliphatic heterocycles. The third-order valence-electron chi connectivity index (χ3n) is 5.84. The van der Waals surface area contributed by atoms with E-state index in [4.69, 9.17) is 17.3 Å². The van der Waals surface area contributed by atoms with Crippen molar-refractivity contribution < 1.29 is 8.78 Å². The molecule has 0 saturated heterocycles. The Morgan fingerprint density at radius 1 is 1.03 bits per heavy atom. The Morgan fingerprint density at radius 2 is 1.80 bits per heavy atom. The number of hydrogen-bond donors (Lipinski definition) is 0. The maximum absolute atomic E-state index is 14.2. The Hall–Kier alpha value is -2.38. The molecule has 3 aromatic rings. The first-order chi connectivity index (χ1) is 14.6. The molecule has 0 N–H and O–H groups in total. The number of aromatic nitrogens is 3. The van der Waals surface area contributed by atoms with Crippen molar-refractivity contribution in [1.29, 1.82) is 0 Å². The zero-order valence-corrected chi connectivity index (χ0v) is 17.5. The van der Waals surface area contributed by atoms with Crippen LogP contribution in [0.15, 0.2) is 48.5 Å². The minimum absolute atomic E-state index is 0.389. The molecule has 1 aromatic heterocycles. The Labute approximate surface area is 179 Å². The second-order valence-corrected chi connectivity index (χ2v) is 8.71. The van der Waals surface area contributed by atoms with E-state index >= 15 is 0 Å². The van der Waals surface area contributed by atoms with E-state index in [9.17, 15) is 8.78 Å². The van der Waals surface area contributed by atoms with Crippen molar-refractivity contribution in [3.05, 3.63) is 81.9 Å². The van der Waals surface area contributed by atoms with Gasteiger partial charge in [0.25, 0.3) is 0 Å². The fourth-order valence-electron chi connectivity index (χ4n) is 3.88. The topological polar surface area (TPSA) is 26.0 Å². The lowest BCUT2D eigenvalue weighted by molar-refractivity contribution is 0.183. The minimum atomic E-state index is -0.551. The maximum atomic E-state index is 14.2. The fraction of sp³-hybridized carbons (Fsp3) is 0.391. The molecule has 0 radical (unpaired) electrons. The largest absolute Gasteiger partial charge is 0.299 e. The lowest BCUT2D eigenvalue weighted by Gasteiger charge is -2.22. The number of hydrogen-bond acceptors (Lipinski definition) is 3. The summed E-state index contributed by atoms with van der Waals surface area (Å²) in [5.41, 5.74) is 1.70. The second-order valence-electron chi connectivity index (χ2n) is 8.34. The summed E-state index contributed by atoms with van der Waals surface area (Å²) in [6.07, 6.45) is 4.45. The smallest absolute Gasteiger partial charge is 0.199 e. The number of rotatable bonds is 8. The zero-order chi connectivity index (χ0) is 20.7. The highest BCUT2D eigenvalue weighted by molar-refractivity contribution is 7.71. The Kier molecular flexibility index (Phi) is 5.25. The Balaban J connectivity index is 1.41. The van der Waals surface area contributed by atoms with E-state index in [0.29, 0.717) is 42.1 Å². The molecule has 156 valence electrons. The van der Waals surface area contributed by atoms with E-state index in [1.165, 1.54) is 17.7 Å². The van der Waals surface area contributed by atoms with Crippen molar-refractivity contribution in [1.82, 2.24) is 19.2 Å². The van der Waals surface area contributed by atoms with Gasteiger partial charge in [0.1, 0.15) is 17.5 Å². The van der Waals surface area contributed by atoms with Gasteiger partial charge < -0.3 is 0 Å². The van der Waals surface area contributed by atoms with Gasteiger partial charge in [-0.15, -0.1) is 0 Å². The average Bonchev–Trinajstić information content (AvgIpc) is 3.64. The quantitative estimate of drug-likeness (QED) is 0.461. The first-order valence-corrected chi connectivity index (χ1v) is 10.9. The lowest BCUT2D eigenvalue weighted by Crippen LogP contribution is -2.29. The van der Waals surface area contributed by atoms with Crippen LogP contribution >= 0.6 is 12.2 Å². The van der Waals surface area contributed by atoms with Crippen LogP contribution in [-0.4, -0.2) is 25.3 Å². The fourth-order valence-corrected chi connectivity index (χ4v) is 4.14. The highest BCUT2D eigenvalue weighted by Crippen LogP contribution is 2.39.